The monoisotopic (exact) mass is 975 g/mol. The largest absolute Gasteiger partial charge is 0.420 e. The number of hydrogen-bond donors (Lipinski definition) is 0. The highest BCUT2D eigenvalue weighted by Crippen LogP contribution is 2.59. The van der Waals surface area contributed by atoms with Crippen LogP contribution in [0.15, 0.2) is 225 Å². The maximum atomic E-state index is 18.5. The van der Waals surface area contributed by atoms with Crippen LogP contribution >= 0.6 is 0 Å². The number of anilines is 2. The number of para-hydroxylation sites is 8. The maximum Gasteiger partial charge on any atom is 0.420 e. The Labute approximate surface area is 428 Å². The van der Waals surface area contributed by atoms with E-state index in [4.69, 9.17) is 0 Å². The van der Waals surface area contributed by atoms with Crippen LogP contribution in [0.4, 0.5) is 24.5 Å². The summed E-state index contributed by atoms with van der Waals surface area (Å²) in [5, 5.41) is 6.56. The van der Waals surface area contributed by atoms with E-state index >= 15 is 13.2 Å². The fourth-order valence-electron chi connectivity index (χ4n) is 13.5. The quantitative estimate of drug-likeness (QED) is 0.169. The van der Waals surface area contributed by atoms with Gasteiger partial charge in [-0.1, -0.05) is 176 Å². The summed E-state index contributed by atoms with van der Waals surface area (Å²) in [5.74, 6) is -0.153. The summed E-state index contributed by atoms with van der Waals surface area (Å²) in [6, 6.07) is 65.0. The van der Waals surface area contributed by atoms with Gasteiger partial charge in [-0.05, 0) is 78.6 Å². The number of nitrogens with zero attached hydrogens (tertiary/aromatic N) is 5. The molecule has 13 aromatic rings. The van der Waals surface area contributed by atoms with Crippen LogP contribution < -0.4 is 4.90 Å². The zero-order valence-corrected chi connectivity index (χ0v) is 40.4. The molecule has 5 nitrogen and oxygen atoms in total. The van der Waals surface area contributed by atoms with Crippen LogP contribution in [-0.2, 0) is 12.6 Å². The van der Waals surface area contributed by atoms with Gasteiger partial charge in [0.15, 0.2) is 0 Å². The molecule has 0 saturated carbocycles. The lowest BCUT2D eigenvalue weighted by molar-refractivity contribution is -0.137. The molecule has 75 heavy (non-hydrogen) atoms. The maximum absolute atomic E-state index is 18.5. The van der Waals surface area contributed by atoms with Crippen LogP contribution in [0.3, 0.4) is 0 Å². The number of allylic oxidation sites excluding steroid dienone is 3. The highest BCUT2D eigenvalue weighted by molar-refractivity contribution is 6.16. The highest BCUT2D eigenvalue weighted by atomic mass is 19.4. The third-order valence-corrected chi connectivity index (χ3v) is 16.3. The van der Waals surface area contributed by atoms with E-state index in [1.165, 1.54) is 0 Å². The standard InChI is InChI=1S/C67H44F3N5/c68-67(69,70)61-62(71-51-31-11-1-21-41(51)42-22-2-12-32-52(42)71)64(73-55-35-15-5-25-45(55)46-26-6-16-36-56(46)73)66(75-59-39-19-9-29-49(59)50-30-10-20-40-60(50)75)65(74-57-37-17-7-27-47(57)48-28-8-18-38-58(48)74)63(61)72-53-33-13-3-23-43(53)44-24-4-14-34-54(44)72/h1-3,5-23,25-40,45,55H,4,24H2. The van der Waals surface area contributed by atoms with E-state index in [2.05, 4.69) is 135 Å². The van der Waals surface area contributed by atoms with Crippen molar-refractivity contribution in [2.24, 2.45) is 0 Å². The molecule has 358 valence electrons. The summed E-state index contributed by atoms with van der Waals surface area (Å²) >= 11 is 0. The lowest BCUT2D eigenvalue weighted by Crippen LogP contribution is -2.32. The number of benzene rings is 9. The summed E-state index contributed by atoms with van der Waals surface area (Å²) in [6.07, 6.45) is 9.20. The van der Waals surface area contributed by atoms with E-state index in [0.717, 1.165) is 88.7 Å². The van der Waals surface area contributed by atoms with Crippen LogP contribution in [0.5, 0.6) is 0 Å². The second kappa shape index (κ2) is 15.6. The molecule has 2 unspecified atom stereocenters. The first-order valence-electron chi connectivity index (χ1n) is 25.7. The summed E-state index contributed by atoms with van der Waals surface area (Å²) in [5.41, 5.74) is 9.98. The summed E-state index contributed by atoms with van der Waals surface area (Å²) in [4.78, 5) is 2.26. The summed E-state index contributed by atoms with van der Waals surface area (Å²) < 4.78 is 64.0. The second-order valence-corrected chi connectivity index (χ2v) is 20.1. The van der Waals surface area contributed by atoms with E-state index in [1.807, 2.05) is 118 Å². The van der Waals surface area contributed by atoms with Crippen molar-refractivity contribution in [2.75, 3.05) is 4.90 Å². The smallest absolute Gasteiger partial charge is 0.330 e. The molecule has 1 aliphatic heterocycles. The van der Waals surface area contributed by atoms with Gasteiger partial charge in [-0.3, -0.25) is 0 Å². The second-order valence-electron chi connectivity index (χ2n) is 20.1. The summed E-state index contributed by atoms with van der Waals surface area (Å²) in [6.45, 7) is 0. The fourth-order valence-corrected chi connectivity index (χ4v) is 13.5. The number of hydrogen-bond acceptors (Lipinski definition) is 1. The molecular weight excluding hydrogens is 932 g/mol. The van der Waals surface area contributed by atoms with Gasteiger partial charge in [0.25, 0.3) is 0 Å². The molecule has 9 aromatic carbocycles. The molecule has 3 aliphatic rings. The molecule has 2 aliphatic carbocycles. The van der Waals surface area contributed by atoms with Crippen molar-refractivity contribution in [1.29, 1.82) is 0 Å². The van der Waals surface area contributed by atoms with Gasteiger partial charge in [-0.2, -0.15) is 13.2 Å². The van der Waals surface area contributed by atoms with Gasteiger partial charge >= 0.3 is 6.18 Å². The third-order valence-electron chi connectivity index (χ3n) is 16.3. The van der Waals surface area contributed by atoms with Crippen molar-refractivity contribution in [1.82, 2.24) is 18.3 Å². The minimum atomic E-state index is -4.96. The van der Waals surface area contributed by atoms with Crippen LogP contribution in [-0.4, -0.2) is 24.3 Å². The highest BCUT2D eigenvalue weighted by Gasteiger charge is 2.49. The molecule has 0 saturated heterocycles. The predicted molar refractivity (Wildman–Crippen MR) is 302 cm³/mol. The molecular formula is C67H44F3N5. The topological polar surface area (TPSA) is 23.0 Å². The number of alkyl halides is 3. The summed E-state index contributed by atoms with van der Waals surface area (Å²) in [7, 11) is 0. The third kappa shape index (κ3) is 5.74. The van der Waals surface area contributed by atoms with Gasteiger partial charge in [0.05, 0.1) is 73.1 Å². The Morgan fingerprint density at radius 2 is 0.773 bits per heavy atom. The van der Waals surface area contributed by atoms with Crippen molar-refractivity contribution in [3.63, 3.8) is 0 Å². The Morgan fingerprint density at radius 1 is 0.387 bits per heavy atom. The lowest BCUT2D eigenvalue weighted by atomic mass is 9.91. The van der Waals surface area contributed by atoms with Gasteiger partial charge in [-0.15, -0.1) is 0 Å². The van der Waals surface area contributed by atoms with Gasteiger partial charge in [0.2, 0.25) is 0 Å². The Morgan fingerprint density at radius 3 is 1.27 bits per heavy atom. The first-order valence-corrected chi connectivity index (χ1v) is 25.7. The Bertz CT molecular complexity index is 4520. The van der Waals surface area contributed by atoms with Crippen LogP contribution in [0, 0.1) is 0 Å². The molecule has 0 bridgehead atoms. The van der Waals surface area contributed by atoms with Crippen molar-refractivity contribution < 1.29 is 13.2 Å². The van der Waals surface area contributed by atoms with E-state index in [9.17, 15) is 0 Å². The average molecular weight is 976 g/mol. The van der Waals surface area contributed by atoms with Crippen LogP contribution in [0.2, 0.25) is 0 Å². The van der Waals surface area contributed by atoms with Gasteiger partial charge in [-0.25, -0.2) is 0 Å². The van der Waals surface area contributed by atoms with E-state index in [1.54, 1.807) is 0 Å². The molecule has 0 radical (unpaired) electrons. The average Bonchev–Trinajstić information content (AvgIpc) is 4.40. The Balaban J connectivity index is 1.29. The number of rotatable bonds is 5. The van der Waals surface area contributed by atoms with E-state index < -0.39 is 17.8 Å². The van der Waals surface area contributed by atoms with E-state index in [0.29, 0.717) is 40.0 Å². The van der Waals surface area contributed by atoms with Gasteiger partial charge in [0, 0.05) is 55.0 Å². The molecule has 8 heteroatoms. The van der Waals surface area contributed by atoms with Crippen molar-refractivity contribution in [3.8, 4) is 22.7 Å². The zero-order valence-electron chi connectivity index (χ0n) is 40.4. The SMILES string of the molecule is FC(F)(F)c1c(-n2c3c(c4ccccc42)CCC=C3)c(-n2c3ccccc3c3ccccc32)c(-n2c3ccccc3c3ccccc32)c(N2c3ccccc3C3C=CC=CC32)c1-n1c2ccccc2c2ccccc21. The number of fused-ring (bicyclic) bond motifs is 15. The van der Waals surface area contributed by atoms with Crippen LogP contribution in [0.25, 0.3) is 105 Å². The van der Waals surface area contributed by atoms with Crippen molar-refractivity contribution >= 4 is 93.8 Å². The van der Waals surface area contributed by atoms with Gasteiger partial charge < -0.3 is 23.2 Å². The molecule has 5 heterocycles. The van der Waals surface area contributed by atoms with Gasteiger partial charge in [0.1, 0.15) is 5.56 Å². The molecule has 0 N–H and O–H groups in total. The first kappa shape index (κ1) is 42.3. The molecule has 0 spiro atoms. The number of aromatic nitrogens is 4. The molecule has 0 fully saturated rings. The normalized spacial score (nSPS) is 16.2. The molecule has 16 rings (SSSR count). The molecule has 4 aromatic heterocycles. The minimum Gasteiger partial charge on any atom is -0.330 e. The van der Waals surface area contributed by atoms with Crippen LogP contribution in [0.1, 0.15) is 34.7 Å². The Hall–Kier alpha value is -9.27. The molecule has 0 amide bonds. The zero-order chi connectivity index (χ0) is 49.7. The van der Waals surface area contributed by atoms with Crippen molar-refractivity contribution in [3.05, 3.63) is 247 Å². The number of aryl methyl sites for hydroxylation is 1. The lowest BCUT2D eigenvalue weighted by Gasteiger charge is -2.37. The van der Waals surface area contributed by atoms with Crippen molar-refractivity contribution in [2.45, 2.75) is 31.0 Å². The Kier molecular flexibility index (Phi) is 8.80. The number of halogens is 3. The fraction of sp³-hybridized carbons (Fsp3) is 0.0746. The van der Waals surface area contributed by atoms with E-state index in [-0.39, 0.29) is 17.3 Å². The first-order chi connectivity index (χ1) is 37.0. The molecule has 2 atom stereocenters. The predicted octanol–water partition coefficient (Wildman–Crippen LogP) is 17.6. The minimum absolute atomic E-state index is 0.0543.